The summed E-state index contributed by atoms with van der Waals surface area (Å²) in [5.74, 6) is 0.452. The van der Waals surface area contributed by atoms with E-state index in [1.807, 2.05) is 44.7 Å². The third-order valence-electron chi connectivity index (χ3n) is 2.77. The van der Waals surface area contributed by atoms with Crippen LogP contribution < -0.4 is 4.90 Å². The Bertz CT molecular complexity index is 537. The average molecular weight is 284 g/mol. The van der Waals surface area contributed by atoms with E-state index < -0.39 is 0 Å². The van der Waals surface area contributed by atoms with E-state index in [2.05, 4.69) is 10.00 Å². The molecule has 0 fully saturated rings. The number of nitrogens with zero attached hydrogens (tertiary/aromatic N) is 3. The Morgan fingerprint density at radius 2 is 2.17 bits per heavy atom. The van der Waals surface area contributed by atoms with Crippen molar-refractivity contribution in [2.45, 2.75) is 12.4 Å². The Hall–Kier alpha value is -1.19. The monoisotopic (exact) mass is 283 g/mol. The van der Waals surface area contributed by atoms with Gasteiger partial charge in [0.1, 0.15) is 0 Å². The van der Waals surface area contributed by atoms with Gasteiger partial charge in [-0.2, -0.15) is 5.10 Å². The van der Waals surface area contributed by atoms with Gasteiger partial charge in [-0.1, -0.05) is 23.7 Å². The maximum atomic E-state index is 6.25. The van der Waals surface area contributed by atoms with Crippen LogP contribution in [0.3, 0.4) is 0 Å². The fraction of sp³-hybridized carbons (Fsp3) is 0.308. The molecule has 0 N–H and O–H groups in total. The summed E-state index contributed by atoms with van der Waals surface area (Å²) < 4.78 is 1.79. The van der Waals surface area contributed by atoms with Crippen molar-refractivity contribution in [2.75, 3.05) is 11.9 Å². The summed E-state index contributed by atoms with van der Waals surface area (Å²) in [6, 6.07) is 5.79. The first kappa shape index (κ1) is 13.2. The second-order valence-electron chi connectivity index (χ2n) is 4.26. The highest BCUT2D eigenvalue weighted by molar-refractivity contribution is 6.33. The smallest absolute Gasteiger partial charge is 0.0642 e. The van der Waals surface area contributed by atoms with Gasteiger partial charge in [-0.25, -0.2) is 0 Å². The predicted molar refractivity (Wildman–Crippen MR) is 76.3 cm³/mol. The normalized spacial score (nSPS) is 10.7. The summed E-state index contributed by atoms with van der Waals surface area (Å²) >= 11 is 12.2. The summed E-state index contributed by atoms with van der Waals surface area (Å²) in [4.78, 5) is 2.09. The van der Waals surface area contributed by atoms with Crippen LogP contribution in [-0.2, 0) is 19.5 Å². The molecule has 0 aliphatic carbocycles. The molecule has 0 aliphatic rings. The molecule has 1 heterocycles. The lowest BCUT2D eigenvalue weighted by atomic mass is 10.1. The largest absolute Gasteiger partial charge is 0.369 e. The van der Waals surface area contributed by atoms with Crippen LogP contribution in [0.1, 0.15) is 11.1 Å². The van der Waals surface area contributed by atoms with Gasteiger partial charge in [0.05, 0.1) is 16.9 Å². The van der Waals surface area contributed by atoms with Crippen molar-refractivity contribution in [3.05, 3.63) is 46.7 Å². The molecule has 18 heavy (non-hydrogen) atoms. The molecule has 2 aromatic rings. The first-order valence-corrected chi connectivity index (χ1v) is 6.55. The molecule has 0 amide bonds. The lowest BCUT2D eigenvalue weighted by Gasteiger charge is -2.22. The minimum absolute atomic E-state index is 0.452. The molecule has 2 rings (SSSR count). The SMILES string of the molecule is CN(Cc1cnn(C)c1)c1c(Cl)cccc1CCl. The van der Waals surface area contributed by atoms with Crippen molar-refractivity contribution in [2.24, 2.45) is 7.05 Å². The van der Waals surface area contributed by atoms with E-state index in [1.54, 1.807) is 4.68 Å². The van der Waals surface area contributed by atoms with Crippen LogP contribution >= 0.6 is 23.2 Å². The molecule has 0 unspecified atom stereocenters. The third kappa shape index (κ3) is 2.79. The van der Waals surface area contributed by atoms with E-state index in [9.17, 15) is 0 Å². The lowest BCUT2D eigenvalue weighted by Crippen LogP contribution is -2.18. The van der Waals surface area contributed by atoms with E-state index in [0.29, 0.717) is 5.88 Å². The van der Waals surface area contributed by atoms with Crippen molar-refractivity contribution in [3.8, 4) is 0 Å². The molecule has 0 atom stereocenters. The highest BCUT2D eigenvalue weighted by Gasteiger charge is 2.12. The summed E-state index contributed by atoms with van der Waals surface area (Å²) in [6.07, 6.45) is 3.85. The zero-order valence-electron chi connectivity index (χ0n) is 10.4. The van der Waals surface area contributed by atoms with Gasteiger partial charge in [-0.15, -0.1) is 11.6 Å². The number of benzene rings is 1. The van der Waals surface area contributed by atoms with Crippen LogP contribution in [0.25, 0.3) is 0 Å². The molecular weight excluding hydrogens is 269 g/mol. The van der Waals surface area contributed by atoms with Crippen molar-refractivity contribution < 1.29 is 0 Å². The minimum atomic E-state index is 0.452. The van der Waals surface area contributed by atoms with Crippen molar-refractivity contribution in [3.63, 3.8) is 0 Å². The summed E-state index contributed by atoms with van der Waals surface area (Å²) in [6.45, 7) is 0.751. The molecule has 0 bridgehead atoms. The van der Waals surface area contributed by atoms with Crippen molar-refractivity contribution >= 4 is 28.9 Å². The number of para-hydroxylation sites is 1. The van der Waals surface area contributed by atoms with Crippen molar-refractivity contribution in [1.29, 1.82) is 0 Å². The van der Waals surface area contributed by atoms with Gasteiger partial charge in [0.2, 0.25) is 0 Å². The molecule has 0 spiro atoms. The first-order valence-electron chi connectivity index (χ1n) is 5.64. The zero-order chi connectivity index (χ0) is 13.1. The van der Waals surface area contributed by atoms with Gasteiger partial charge < -0.3 is 4.90 Å². The summed E-state index contributed by atoms with van der Waals surface area (Å²) in [7, 11) is 3.91. The Morgan fingerprint density at radius 1 is 1.39 bits per heavy atom. The maximum absolute atomic E-state index is 6.25. The second kappa shape index (κ2) is 5.63. The molecule has 0 saturated heterocycles. The number of anilines is 1. The number of aromatic nitrogens is 2. The van der Waals surface area contributed by atoms with E-state index in [0.717, 1.165) is 28.4 Å². The quantitative estimate of drug-likeness (QED) is 0.802. The van der Waals surface area contributed by atoms with Gasteiger partial charge in [0, 0.05) is 38.3 Å². The average Bonchev–Trinajstić information content (AvgIpc) is 2.74. The van der Waals surface area contributed by atoms with E-state index >= 15 is 0 Å². The lowest BCUT2D eigenvalue weighted by molar-refractivity contribution is 0.766. The van der Waals surface area contributed by atoms with Crippen LogP contribution in [0.2, 0.25) is 5.02 Å². The highest BCUT2D eigenvalue weighted by atomic mass is 35.5. The van der Waals surface area contributed by atoms with Gasteiger partial charge in [-0.3, -0.25) is 4.68 Å². The van der Waals surface area contributed by atoms with Gasteiger partial charge in [0.15, 0.2) is 0 Å². The van der Waals surface area contributed by atoms with E-state index in [4.69, 9.17) is 23.2 Å². The molecule has 0 aliphatic heterocycles. The topological polar surface area (TPSA) is 21.1 Å². The van der Waals surface area contributed by atoms with E-state index in [1.165, 1.54) is 0 Å². The number of alkyl halides is 1. The first-order chi connectivity index (χ1) is 8.61. The number of hydrogen-bond donors (Lipinski definition) is 0. The van der Waals surface area contributed by atoms with Crippen LogP contribution in [0, 0.1) is 0 Å². The molecule has 1 aromatic heterocycles. The molecule has 0 radical (unpaired) electrons. The second-order valence-corrected chi connectivity index (χ2v) is 4.93. The molecule has 96 valence electrons. The zero-order valence-corrected chi connectivity index (χ0v) is 11.9. The fourth-order valence-electron chi connectivity index (χ4n) is 2.00. The van der Waals surface area contributed by atoms with Crippen LogP contribution in [-0.4, -0.2) is 16.8 Å². The predicted octanol–water partition coefficient (Wildman–Crippen LogP) is 3.45. The van der Waals surface area contributed by atoms with Crippen LogP contribution in [0.15, 0.2) is 30.6 Å². The number of hydrogen-bond acceptors (Lipinski definition) is 2. The Kier molecular flexibility index (Phi) is 4.15. The maximum Gasteiger partial charge on any atom is 0.0642 e. The molecule has 3 nitrogen and oxygen atoms in total. The van der Waals surface area contributed by atoms with Crippen LogP contribution in [0.5, 0.6) is 0 Å². The third-order valence-corrected chi connectivity index (χ3v) is 3.37. The standard InChI is InChI=1S/C13H15Cl2N3/c1-17(8-10-7-16-18(2)9-10)13-11(6-14)4-3-5-12(13)15/h3-5,7,9H,6,8H2,1-2H3. The van der Waals surface area contributed by atoms with Gasteiger partial charge >= 0.3 is 0 Å². The fourth-order valence-corrected chi connectivity index (χ4v) is 2.56. The van der Waals surface area contributed by atoms with E-state index in [-0.39, 0.29) is 0 Å². The Labute approximate surface area is 117 Å². The molecular formula is C13H15Cl2N3. The molecule has 0 saturated carbocycles. The highest BCUT2D eigenvalue weighted by Crippen LogP contribution is 2.31. The van der Waals surface area contributed by atoms with Crippen LogP contribution in [0.4, 0.5) is 5.69 Å². The number of halogens is 2. The number of aryl methyl sites for hydroxylation is 1. The van der Waals surface area contributed by atoms with Gasteiger partial charge in [0.25, 0.3) is 0 Å². The Morgan fingerprint density at radius 3 is 2.78 bits per heavy atom. The minimum Gasteiger partial charge on any atom is -0.369 e. The molecule has 5 heteroatoms. The molecule has 1 aromatic carbocycles. The Balaban J connectivity index is 2.25. The van der Waals surface area contributed by atoms with Crippen molar-refractivity contribution in [1.82, 2.24) is 9.78 Å². The number of rotatable bonds is 4. The van der Waals surface area contributed by atoms with Gasteiger partial charge in [-0.05, 0) is 11.6 Å². The summed E-state index contributed by atoms with van der Waals surface area (Å²) in [5, 5.41) is 4.88. The summed E-state index contributed by atoms with van der Waals surface area (Å²) in [5.41, 5.74) is 3.16.